The van der Waals surface area contributed by atoms with Crippen LogP contribution in [0.5, 0.6) is 5.75 Å². The van der Waals surface area contributed by atoms with Crippen molar-refractivity contribution in [3.8, 4) is 5.75 Å². The van der Waals surface area contributed by atoms with Crippen LogP contribution in [-0.4, -0.2) is 65.7 Å². The van der Waals surface area contributed by atoms with E-state index >= 15 is 0 Å². The van der Waals surface area contributed by atoms with Gasteiger partial charge in [0.25, 0.3) is 11.8 Å². The first-order chi connectivity index (χ1) is 20.6. The quantitative estimate of drug-likeness (QED) is 0.323. The van der Waals surface area contributed by atoms with Crippen LogP contribution in [0.2, 0.25) is 0 Å². The van der Waals surface area contributed by atoms with Crippen LogP contribution in [0, 0.1) is 6.92 Å². The maximum atomic E-state index is 13.7. The number of carbonyl (C=O) groups is 3. The zero-order valence-electron chi connectivity index (χ0n) is 25.1. The Morgan fingerprint density at radius 3 is 2.30 bits per heavy atom. The lowest BCUT2D eigenvalue weighted by molar-refractivity contribution is 0.0126. The Kier molecular flexibility index (Phi) is 9.19. The van der Waals surface area contributed by atoms with Gasteiger partial charge >= 0.3 is 6.09 Å². The predicted molar refractivity (Wildman–Crippen MR) is 169 cm³/mol. The smallest absolute Gasteiger partial charge is 0.410 e. The third-order valence-corrected chi connectivity index (χ3v) is 8.20. The minimum Gasteiger partial charge on any atom is -0.489 e. The number of likely N-dealkylation sites (tertiary alicyclic amines) is 1. The summed E-state index contributed by atoms with van der Waals surface area (Å²) in [5.41, 5.74) is 2.37. The third-order valence-electron chi connectivity index (χ3n) is 7.33. The second-order valence-electron chi connectivity index (χ2n) is 11.9. The number of para-hydroxylation sites is 1. The Balaban J connectivity index is 1.32. The number of piperidine rings is 1. The highest BCUT2D eigenvalue weighted by Gasteiger charge is 2.29. The van der Waals surface area contributed by atoms with E-state index < -0.39 is 5.60 Å². The summed E-state index contributed by atoms with van der Waals surface area (Å²) >= 11 is 1.34. The van der Waals surface area contributed by atoms with E-state index in [1.165, 1.54) is 11.3 Å². The lowest BCUT2D eigenvalue weighted by atomic mass is 10.1. The Morgan fingerprint density at radius 2 is 1.63 bits per heavy atom. The highest BCUT2D eigenvalue weighted by molar-refractivity contribution is 7.13. The van der Waals surface area contributed by atoms with E-state index in [0.29, 0.717) is 53.6 Å². The maximum Gasteiger partial charge on any atom is 0.410 e. The van der Waals surface area contributed by atoms with Crippen LogP contribution in [0.25, 0.3) is 0 Å². The van der Waals surface area contributed by atoms with Gasteiger partial charge in [-0.3, -0.25) is 14.9 Å². The van der Waals surface area contributed by atoms with Crippen molar-refractivity contribution >= 4 is 45.8 Å². The van der Waals surface area contributed by atoms with E-state index in [1.807, 2.05) is 45.2 Å². The molecule has 3 aromatic rings. The highest BCUT2D eigenvalue weighted by atomic mass is 32.1. The Morgan fingerprint density at radius 1 is 0.930 bits per heavy atom. The summed E-state index contributed by atoms with van der Waals surface area (Å²) in [5.74, 6) is -0.250. The van der Waals surface area contributed by atoms with Gasteiger partial charge in [0.05, 0.1) is 22.5 Å². The third kappa shape index (κ3) is 7.84. The average molecular weight is 606 g/mol. The number of aromatic nitrogens is 1. The zero-order chi connectivity index (χ0) is 30.6. The molecule has 0 atom stereocenters. The largest absolute Gasteiger partial charge is 0.489 e. The van der Waals surface area contributed by atoms with Gasteiger partial charge in [-0.25, -0.2) is 9.78 Å². The van der Waals surface area contributed by atoms with Crippen molar-refractivity contribution in [1.82, 2.24) is 9.88 Å². The normalized spacial score (nSPS) is 15.7. The molecule has 10 nitrogen and oxygen atoms in total. The van der Waals surface area contributed by atoms with Gasteiger partial charge in [0.2, 0.25) is 0 Å². The van der Waals surface area contributed by atoms with Gasteiger partial charge in [0, 0.05) is 56.2 Å². The first-order valence-electron chi connectivity index (χ1n) is 14.7. The van der Waals surface area contributed by atoms with Crippen molar-refractivity contribution in [3.05, 3.63) is 64.7 Å². The summed E-state index contributed by atoms with van der Waals surface area (Å²) in [6.45, 7) is 10.4. The molecule has 2 fully saturated rings. The molecule has 0 bridgehead atoms. The molecule has 0 unspecified atom stereocenters. The minimum atomic E-state index is -0.554. The second-order valence-corrected chi connectivity index (χ2v) is 12.8. The molecular formula is C32H39N5O5S. The van der Waals surface area contributed by atoms with Crippen LogP contribution in [-0.2, 0) is 4.74 Å². The van der Waals surface area contributed by atoms with Crippen LogP contribution < -0.4 is 20.3 Å². The molecule has 5 rings (SSSR count). The van der Waals surface area contributed by atoms with Crippen molar-refractivity contribution in [2.75, 3.05) is 41.7 Å². The molecule has 3 amide bonds. The van der Waals surface area contributed by atoms with Gasteiger partial charge in [-0.2, -0.15) is 0 Å². The molecule has 228 valence electrons. The van der Waals surface area contributed by atoms with Gasteiger partial charge in [0.15, 0.2) is 5.13 Å². The number of amides is 3. The molecule has 2 N–H and O–H groups in total. The summed E-state index contributed by atoms with van der Waals surface area (Å²) in [5, 5.41) is 8.09. The number of rotatable bonds is 7. The van der Waals surface area contributed by atoms with Crippen molar-refractivity contribution in [1.29, 1.82) is 0 Å². The number of nitrogens with zero attached hydrogens (tertiary/aromatic N) is 3. The van der Waals surface area contributed by atoms with E-state index in [-0.39, 0.29) is 24.0 Å². The molecule has 1 aromatic heterocycles. The summed E-state index contributed by atoms with van der Waals surface area (Å²) in [4.78, 5) is 47.6. The molecule has 2 aliphatic heterocycles. The summed E-state index contributed by atoms with van der Waals surface area (Å²) in [6.07, 6.45) is 3.00. The second kappa shape index (κ2) is 13.0. The lowest BCUT2D eigenvalue weighted by Crippen LogP contribution is -2.44. The van der Waals surface area contributed by atoms with Crippen LogP contribution in [0.1, 0.15) is 72.9 Å². The maximum absolute atomic E-state index is 13.7. The van der Waals surface area contributed by atoms with Crippen molar-refractivity contribution in [3.63, 3.8) is 0 Å². The van der Waals surface area contributed by atoms with Crippen molar-refractivity contribution < 1.29 is 23.9 Å². The molecule has 3 heterocycles. The van der Waals surface area contributed by atoms with E-state index in [4.69, 9.17) is 9.47 Å². The Labute approximate surface area is 256 Å². The number of hydrogen-bond donors (Lipinski definition) is 2. The average Bonchev–Trinajstić information content (AvgIpc) is 3.65. The molecule has 2 aliphatic rings. The SMILES string of the molecule is Cc1csc(NC(=O)c2ccccc2NC(=O)c2ccc(N3CCCC3)cc2OC2CCN(C(=O)OC(C)(C)C)CC2)n1. The molecule has 2 saturated heterocycles. The van der Waals surface area contributed by atoms with Crippen LogP contribution in [0.15, 0.2) is 47.8 Å². The first-order valence-corrected chi connectivity index (χ1v) is 15.6. The molecule has 0 saturated carbocycles. The van der Waals surface area contributed by atoms with Crippen LogP contribution in [0.3, 0.4) is 0 Å². The lowest BCUT2D eigenvalue weighted by Gasteiger charge is -2.34. The molecule has 0 spiro atoms. The fourth-order valence-corrected chi connectivity index (χ4v) is 5.87. The fraction of sp³-hybridized carbons (Fsp3) is 0.438. The van der Waals surface area contributed by atoms with E-state index in [9.17, 15) is 14.4 Å². The summed E-state index contributed by atoms with van der Waals surface area (Å²) < 4.78 is 12.0. The highest BCUT2D eigenvalue weighted by Crippen LogP contribution is 2.32. The van der Waals surface area contributed by atoms with Crippen LogP contribution >= 0.6 is 11.3 Å². The fourth-order valence-electron chi connectivity index (χ4n) is 5.19. The number of carbonyl (C=O) groups excluding carboxylic acids is 3. The summed E-state index contributed by atoms with van der Waals surface area (Å²) in [7, 11) is 0. The molecule has 0 radical (unpaired) electrons. The standard InChI is InChI=1S/C32H39N5O5S/c1-21-20-43-30(33-21)35-28(38)24-9-5-6-10-26(24)34-29(39)25-12-11-22(36-15-7-8-16-36)19-27(25)41-23-13-17-37(18-14-23)31(40)42-32(2,3)4/h5-6,9-12,19-20,23H,7-8,13-18H2,1-4H3,(H,34,39)(H,33,35,38). The van der Waals surface area contributed by atoms with Crippen molar-refractivity contribution in [2.24, 2.45) is 0 Å². The number of aryl methyl sites for hydroxylation is 1. The summed E-state index contributed by atoms with van der Waals surface area (Å²) in [6, 6.07) is 12.6. The number of hydrogen-bond acceptors (Lipinski definition) is 8. The number of thiazole rings is 1. The monoisotopic (exact) mass is 605 g/mol. The molecular weight excluding hydrogens is 566 g/mol. The Hall–Kier alpha value is -4.12. The van der Waals surface area contributed by atoms with E-state index in [2.05, 4.69) is 20.5 Å². The first kappa shape index (κ1) is 30.3. The predicted octanol–water partition coefficient (Wildman–Crippen LogP) is 6.33. The van der Waals surface area contributed by atoms with Gasteiger partial charge in [-0.05, 0) is 64.8 Å². The molecule has 0 aliphatic carbocycles. The number of benzene rings is 2. The number of nitrogens with one attached hydrogen (secondary N) is 2. The van der Waals surface area contributed by atoms with Crippen LogP contribution in [0.4, 0.5) is 21.3 Å². The number of ether oxygens (including phenoxy) is 2. The molecule has 11 heteroatoms. The van der Waals surface area contributed by atoms with Gasteiger partial charge in [-0.15, -0.1) is 11.3 Å². The van der Waals surface area contributed by atoms with Gasteiger partial charge in [0.1, 0.15) is 17.5 Å². The molecule has 2 aromatic carbocycles. The van der Waals surface area contributed by atoms with E-state index in [1.54, 1.807) is 35.2 Å². The zero-order valence-corrected chi connectivity index (χ0v) is 26.0. The van der Waals surface area contributed by atoms with Gasteiger partial charge < -0.3 is 24.6 Å². The number of anilines is 3. The van der Waals surface area contributed by atoms with Crippen molar-refractivity contribution in [2.45, 2.75) is 65.1 Å². The molecule has 43 heavy (non-hydrogen) atoms. The van der Waals surface area contributed by atoms with E-state index in [0.717, 1.165) is 37.3 Å². The topological polar surface area (TPSA) is 113 Å². The Bertz CT molecular complexity index is 1470. The van der Waals surface area contributed by atoms with Gasteiger partial charge in [-0.1, -0.05) is 12.1 Å². The minimum absolute atomic E-state index is 0.168.